The monoisotopic (exact) mass is 511 g/mol. The van der Waals surface area contributed by atoms with Crippen LogP contribution in [0.5, 0.6) is 5.75 Å². The third kappa shape index (κ3) is 5.45. The zero-order chi connectivity index (χ0) is 27.0. The number of ketones is 1. The Morgan fingerprint density at radius 3 is 2.65 bits per heavy atom. The van der Waals surface area contributed by atoms with Crippen molar-refractivity contribution in [2.45, 2.75) is 38.8 Å². The summed E-state index contributed by atoms with van der Waals surface area (Å²) < 4.78 is 50.3. The molecule has 0 fully saturated rings. The maximum atomic E-state index is 13.2. The molecule has 3 N–H and O–H groups in total. The fourth-order valence-electron chi connectivity index (χ4n) is 4.56. The van der Waals surface area contributed by atoms with Crippen LogP contribution in [-0.4, -0.2) is 18.3 Å². The summed E-state index contributed by atoms with van der Waals surface area (Å²) >= 11 is 0. The van der Waals surface area contributed by atoms with Gasteiger partial charge in [0, 0.05) is 29.7 Å². The molecule has 1 aliphatic carbocycles. The number of Topliss-reactive ketones (excluding diaryl/α,β-unsaturated/α-hetero) is 1. The minimum atomic E-state index is -4.55. The quantitative estimate of drug-likeness (QED) is 0.572. The summed E-state index contributed by atoms with van der Waals surface area (Å²) in [5, 5.41) is 12.2. The van der Waals surface area contributed by atoms with Gasteiger partial charge in [-0.15, -0.1) is 0 Å². The van der Waals surface area contributed by atoms with Gasteiger partial charge in [0.05, 0.1) is 11.5 Å². The van der Waals surface area contributed by atoms with Crippen LogP contribution in [0.3, 0.4) is 0 Å². The number of nitrogens with zero attached hydrogens (tertiary/aromatic N) is 1. The van der Waals surface area contributed by atoms with Gasteiger partial charge in [0.2, 0.25) is 5.88 Å². The molecule has 1 amide bonds. The van der Waals surface area contributed by atoms with Crippen LogP contribution in [0.1, 0.15) is 43.7 Å². The first-order valence-corrected chi connectivity index (χ1v) is 11.4. The first kappa shape index (κ1) is 25.8. The van der Waals surface area contributed by atoms with Crippen molar-refractivity contribution in [3.8, 4) is 11.8 Å². The standard InChI is InChI=1S/C27H24F3N3O4/c1-26(2)11-19(34)24-21(12-26)37-25(32)18(13-31)23(24)17-8-3-4-9-20(17)36-14-22(35)33-16-7-5-6-15(10-16)27(28,29)30/h3-10,23H,11-12,14,32H2,1-2H3,(H,33,35). The molecule has 2 aliphatic rings. The summed E-state index contributed by atoms with van der Waals surface area (Å²) in [6.07, 6.45) is -3.84. The minimum Gasteiger partial charge on any atom is -0.483 e. The van der Waals surface area contributed by atoms with E-state index in [1.54, 1.807) is 24.3 Å². The second kappa shape index (κ2) is 9.65. The van der Waals surface area contributed by atoms with Crippen LogP contribution < -0.4 is 15.8 Å². The number of carbonyl (C=O) groups excluding carboxylic acids is 2. The highest BCUT2D eigenvalue weighted by Gasteiger charge is 2.43. The number of anilines is 1. The molecule has 0 spiro atoms. The molecule has 37 heavy (non-hydrogen) atoms. The summed E-state index contributed by atoms with van der Waals surface area (Å²) in [7, 11) is 0. The van der Waals surface area contributed by atoms with Crippen LogP contribution in [0.25, 0.3) is 0 Å². The lowest BCUT2D eigenvalue weighted by molar-refractivity contribution is -0.137. The fourth-order valence-corrected chi connectivity index (χ4v) is 4.56. The van der Waals surface area contributed by atoms with Gasteiger partial charge in [-0.3, -0.25) is 9.59 Å². The molecule has 2 aromatic carbocycles. The minimum absolute atomic E-state index is 0.0335. The van der Waals surface area contributed by atoms with E-state index in [9.17, 15) is 28.0 Å². The molecule has 1 unspecified atom stereocenters. The van der Waals surface area contributed by atoms with Gasteiger partial charge < -0.3 is 20.5 Å². The van der Waals surface area contributed by atoms with Crippen LogP contribution >= 0.6 is 0 Å². The first-order valence-electron chi connectivity index (χ1n) is 11.4. The molecule has 1 aliphatic heterocycles. The molecule has 2 aromatic rings. The highest BCUT2D eigenvalue weighted by atomic mass is 19.4. The Balaban J connectivity index is 1.60. The number of nitriles is 1. The van der Waals surface area contributed by atoms with Crippen molar-refractivity contribution in [2.75, 3.05) is 11.9 Å². The number of nitrogens with one attached hydrogen (secondary N) is 1. The Morgan fingerprint density at radius 2 is 1.95 bits per heavy atom. The molecule has 0 saturated carbocycles. The average molecular weight is 512 g/mol. The third-order valence-corrected chi connectivity index (χ3v) is 6.14. The lowest BCUT2D eigenvalue weighted by atomic mass is 9.70. The molecule has 0 bridgehead atoms. The predicted molar refractivity (Wildman–Crippen MR) is 128 cm³/mol. The van der Waals surface area contributed by atoms with Crippen molar-refractivity contribution in [1.82, 2.24) is 0 Å². The zero-order valence-electron chi connectivity index (χ0n) is 20.1. The van der Waals surface area contributed by atoms with Crippen molar-refractivity contribution in [3.05, 3.63) is 82.4 Å². The van der Waals surface area contributed by atoms with Crippen molar-refractivity contribution >= 4 is 17.4 Å². The van der Waals surface area contributed by atoms with Crippen LogP contribution in [0.4, 0.5) is 18.9 Å². The summed E-state index contributed by atoms with van der Waals surface area (Å²) in [6.45, 7) is 3.35. The summed E-state index contributed by atoms with van der Waals surface area (Å²) in [5.41, 5.74) is 5.61. The lowest BCUT2D eigenvalue weighted by Crippen LogP contribution is -2.33. The zero-order valence-corrected chi connectivity index (χ0v) is 20.1. The molecule has 0 radical (unpaired) electrons. The number of amides is 1. The number of hydrogen-bond donors (Lipinski definition) is 2. The number of benzene rings is 2. The number of halogens is 3. The average Bonchev–Trinajstić information content (AvgIpc) is 2.81. The number of carbonyl (C=O) groups is 2. The molecule has 0 saturated heterocycles. The predicted octanol–water partition coefficient (Wildman–Crippen LogP) is 5.17. The highest BCUT2D eigenvalue weighted by Crippen LogP contribution is 2.49. The van der Waals surface area contributed by atoms with E-state index in [1.807, 2.05) is 19.9 Å². The number of hydrogen-bond acceptors (Lipinski definition) is 6. The van der Waals surface area contributed by atoms with Crippen LogP contribution in [0, 0.1) is 16.7 Å². The number of allylic oxidation sites excluding steroid dienone is 3. The highest BCUT2D eigenvalue weighted by molar-refractivity contribution is 6.00. The van der Waals surface area contributed by atoms with Gasteiger partial charge in [-0.05, 0) is 29.7 Å². The second-order valence-corrected chi connectivity index (χ2v) is 9.66. The molecular formula is C27H24F3N3O4. The van der Waals surface area contributed by atoms with Gasteiger partial charge in [0.15, 0.2) is 12.4 Å². The molecule has 0 aromatic heterocycles. The second-order valence-electron chi connectivity index (χ2n) is 9.66. The van der Waals surface area contributed by atoms with Crippen molar-refractivity contribution in [1.29, 1.82) is 5.26 Å². The molecule has 192 valence electrons. The number of alkyl halides is 3. The van der Waals surface area contributed by atoms with E-state index < -0.39 is 30.2 Å². The summed E-state index contributed by atoms with van der Waals surface area (Å²) in [5.74, 6) is -1.19. The number of rotatable bonds is 5. The van der Waals surface area contributed by atoms with E-state index in [-0.39, 0.29) is 40.5 Å². The van der Waals surface area contributed by atoms with Crippen LogP contribution in [0.2, 0.25) is 0 Å². The van der Waals surface area contributed by atoms with Crippen LogP contribution in [-0.2, 0) is 20.5 Å². The van der Waals surface area contributed by atoms with Crippen molar-refractivity contribution in [2.24, 2.45) is 11.1 Å². The van der Waals surface area contributed by atoms with Gasteiger partial charge in [0.1, 0.15) is 23.2 Å². The Kier molecular flexibility index (Phi) is 6.74. The first-order chi connectivity index (χ1) is 17.4. The van der Waals surface area contributed by atoms with E-state index in [0.29, 0.717) is 23.3 Å². The fraction of sp³-hybridized carbons (Fsp3) is 0.296. The lowest BCUT2D eigenvalue weighted by Gasteiger charge is -2.37. The van der Waals surface area contributed by atoms with Gasteiger partial charge in [-0.25, -0.2) is 0 Å². The van der Waals surface area contributed by atoms with Crippen molar-refractivity contribution < 1.29 is 32.2 Å². The maximum absolute atomic E-state index is 13.2. The SMILES string of the molecule is CC1(C)CC(=O)C2=C(C1)OC(N)=C(C#N)C2c1ccccc1OCC(=O)Nc1cccc(C(F)(F)F)c1. The molecule has 7 nitrogen and oxygen atoms in total. The Labute approximate surface area is 211 Å². The largest absolute Gasteiger partial charge is 0.483 e. The smallest absolute Gasteiger partial charge is 0.416 e. The molecule has 10 heteroatoms. The van der Waals surface area contributed by atoms with Gasteiger partial charge in [0.25, 0.3) is 5.91 Å². The van der Waals surface area contributed by atoms with Gasteiger partial charge in [-0.1, -0.05) is 38.1 Å². The number of nitrogens with two attached hydrogens (primary N) is 1. The Morgan fingerprint density at radius 1 is 1.22 bits per heavy atom. The topological polar surface area (TPSA) is 114 Å². The number of para-hydroxylation sites is 1. The van der Waals surface area contributed by atoms with E-state index in [2.05, 4.69) is 5.32 Å². The van der Waals surface area contributed by atoms with E-state index >= 15 is 0 Å². The van der Waals surface area contributed by atoms with Crippen LogP contribution in [0.15, 0.2) is 71.3 Å². The Hall–Kier alpha value is -4.26. The molecule has 4 rings (SSSR count). The van der Waals surface area contributed by atoms with E-state index in [1.165, 1.54) is 12.1 Å². The maximum Gasteiger partial charge on any atom is 0.416 e. The summed E-state index contributed by atoms with van der Waals surface area (Å²) in [6, 6.07) is 12.9. The van der Waals surface area contributed by atoms with E-state index in [4.69, 9.17) is 15.2 Å². The number of ether oxygens (including phenoxy) is 2. The summed E-state index contributed by atoms with van der Waals surface area (Å²) in [4.78, 5) is 25.7. The Bertz CT molecular complexity index is 1370. The van der Waals surface area contributed by atoms with Crippen molar-refractivity contribution in [3.63, 3.8) is 0 Å². The van der Waals surface area contributed by atoms with Gasteiger partial charge >= 0.3 is 6.18 Å². The molecular weight excluding hydrogens is 487 g/mol. The molecule has 1 atom stereocenters. The van der Waals surface area contributed by atoms with Gasteiger partial charge in [-0.2, -0.15) is 18.4 Å². The molecule has 1 heterocycles. The third-order valence-electron chi connectivity index (χ3n) is 6.14. The van der Waals surface area contributed by atoms with E-state index in [0.717, 1.165) is 12.1 Å². The normalized spacial score (nSPS) is 19.0.